The Hall–Kier alpha value is -2.73. The fraction of sp³-hybridized carbons (Fsp3) is 0.261. The molecule has 0 bridgehead atoms. The van der Waals surface area contributed by atoms with Crippen LogP contribution in [0.3, 0.4) is 0 Å². The van der Waals surface area contributed by atoms with E-state index in [0.29, 0.717) is 17.3 Å². The molecular formula is C23H26N4O4S3. The number of amides is 2. The number of benzene rings is 2. The maximum atomic E-state index is 13.0. The first-order valence-corrected chi connectivity index (χ1v) is 14.1. The highest BCUT2D eigenvalue weighted by Crippen LogP contribution is 2.25. The van der Waals surface area contributed by atoms with E-state index in [1.54, 1.807) is 11.8 Å². The van der Waals surface area contributed by atoms with Gasteiger partial charge >= 0.3 is 0 Å². The normalized spacial score (nSPS) is 12.4. The van der Waals surface area contributed by atoms with Crippen molar-refractivity contribution in [3.05, 3.63) is 65.5 Å². The number of rotatable bonds is 10. The first-order chi connectivity index (χ1) is 16.2. The van der Waals surface area contributed by atoms with Crippen molar-refractivity contribution in [2.24, 2.45) is 0 Å². The van der Waals surface area contributed by atoms with E-state index in [0.717, 1.165) is 15.6 Å². The topological polar surface area (TPSA) is 108 Å². The standard InChI is InChI=1S/C23H26N4O4S3/c1-27(2)34(30,31)18-11-7-10-17(14-18)21(28)24-19(12-13-32-3)22(29)26-23-25-20(15-33-23)16-8-5-4-6-9-16/h4-11,14-15,19H,12-13H2,1-3H3,(H,24,28)(H,25,26,29)/t19-/m0/s1. The minimum atomic E-state index is -3.69. The molecule has 0 saturated carbocycles. The Labute approximate surface area is 207 Å². The Bertz CT molecular complexity index is 1240. The number of sulfonamides is 1. The number of nitrogens with one attached hydrogen (secondary N) is 2. The predicted molar refractivity (Wildman–Crippen MR) is 138 cm³/mol. The van der Waals surface area contributed by atoms with Crippen LogP contribution in [0.5, 0.6) is 0 Å². The van der Waals surface area contributed by atoms with Gasteiger partial charge in [-0.1, -0.05) is 36.4 Å². The third-order valence-electron chi connectivity index (χ3n) is 4.91. The minimum Gasteiger partial charge on any atom is -0.340 e. The summed E-state index contributed by atoms with van der Waals surface area (Å²) in [4.78, 5) is 30.3. The SMILES string of the molecule is CSCC[C@H](NC(=O)c1cccc(S(=O)(=O)N(C)C)c1)C(=O)Nc1nc(-c2ccccc2)cs1. The van der Waals surface area contributed by atoms with Gasteiger partial charge in [0.1, 0.15) is 6.04 Å². The van der Waals surface area contributed by atoms with Crippen molar-refractivity contribution >= 4 is 50.1 Å². The van der Waals surface area contributed by atoms with Crippen molar-refractivity contribution in [2.75, 3.05) is 31.4 Å². The summed E-state index contributed by atoms with van der Waals surface area (Å²) in [5, 5.41) is 7.82. The average molecular weight is 519 g/mol. The summed E-state index contributed by atoms with van der Waals surface area (Å²) >= 11 is 2.86. The Balaban J connectivity index is 1.74. The quantitative estimate of drug-likeness (QED) is 0.425. The van der Waals surface area contributed by atoms with E-state index in [2.05, 4.69) is 15.6 Å². The second-order valence-corrected chi connectivity index (χ2v) is 11.5. The van der Waals surface area contributed by atoms with Crippen molar-refractivity contribution < 1.29 is 18.0 Å². The maximum Gasteiger partial charge on any atom is 0.251 e. The van der Waals surface area contributed by atoms with Gasteiger partial charge in [0, 0.05) is 30.6 Å². The molecule has 11 heteroatoms. The van der Waals surface area contributed by atoms with Crippen LogP contribution in [0, 0.1) is 0 Å². The molecule has 180 valence electrons. The van der Waals surface area contributed by atoms with E-state index in [-0.39, 0.29) is 16.4 Å². The molecule has 3 rings (SSSR count). The molecule has 0 radical (unpaired) electrons. The van der Waals surface area contributed by atoms with Gasteiger partial charge in [-0.25, -0.2) is 17.7 Å². The van der Waals surface area contributed by atoms with Crippen LogP contribution in [0.15, 0.2) is 64.9 Å². The van der Waals surface area contributed by atoms with Crippen molar-refractivity contribution in [1.82, 2.24) is 14.6 Å². The molecule has 2 N–H and O–H groups in total. The highest BCUT2D eigenvalue weighted by Gasteiger charge is 2.24. The van der Waals surface area contributed by atoms with Crippen LogP contribution < -0.4 is 10.6 Å². The number of thioether (sulfide) groups is 1. The molecule has 3 aromatic rings. The number of hydrogen-bond donors (Lipinski definition) is 2. The largest absolute Gasteiger partial charge is 0.340 e. The number of carbonyl (C=O) groups excluding carboxylic acids is 2. The van der Waals surface area contributed by atoms with Crippen LogP contribution in [-0.4, -0.2) is 61.7 Å². The van der Waals surface area contributed by atoms with Crippen molar-refractivity contribution in [1.29, 1.82) is 0 Å². The molecule has 0 aliphatic carbocycles. The van der Waals surface area contributed by atoms with Crippen LogP contribution in [0.1, 0.15) is 16.8 Å². The Morgan fingerprint density at radius 1 is 1.12 bits per heavy atom. The van der Waals surface area contributed by atoms with Crippen molar-refractivity contribution in [2.45, 2.75) is 17.4 Å². The summed E-state index contributed by atoms with van der Waals surface area (Å²) in [6.07, 6.45) is 2.32. The van der Waals surface area contributed by atoms with Crippen LogP contribution in [0.4, 0.5) is 5.13 Å². The molecule has 1 atom stereocenters. The molecule has 1 aromatic heterocycles. The number of anilines is 1. The molecule has 0 aliphatic rings. The zero-order valence-electron chi connectivity index (χ0n) is 19.0. The third kappa shape index (κ3) is 6.44. The predicted octanol–water partition coefficient (Wildman–Crippen LogP) is 3.55. The zero-order valence-corrected chi connectivity index (χ0v) is 21.5. The lowest BCUT2D eigenvalue weighted by molar-refractivity contribution is -0.118. The molecule has 0 aliphatic heterocycles. The second kappa shape index (κ2) is 11.6. The lowest BCUT2D eigenvalue weighted by Crippen LogP contribution is -2.44. The summed E-state index contributed by atoms with van der Waals surface area (Å²) in [6, 6.07) is 14.6. The van der Waals surface area contributed by atoms with E-state index < -0.39 is 22.0 Å². The molecule has 0 spiro atoms. The van der Waals surface area contributed by atoms with Gasteiger partial charge in [0.25, 0.3) is 5.91 Å². The van der Waals surface area contributed by atoms with Gasteiger partial charge in [-0.15, -0.1) is 11.3 Å². The number of nitrogens with zero attached hydrogens (tertiary/aromatic N) is 2. The minimum absolute atomic E-state index is 0.00601. The van der Waals surface area contributed by atoms with E-state index in [4.69, 9.17) is 0 Å². The van der Waals surface area contributed by atoms with Gasteiger partial charge < -0.3 is 10.6 Å². The number of carbonyl (C=O) groups is 2. The van der Waals surface area contributed by atoms with E-state index in [1.165, 1.54) is 49.7 Å². The lowest BCUT2D eigenvalue weighted by atomic mass is 10.1. The van der Waals surface area contributed by atoms with Gasteiger partial charge in [-0.3, -0.25) is 9.59 Å². The van der Waals surface area contributed by atoms with Gasteiger partial charge in [0.2, 0.25) is 15.9 Å². The van der Waals surface area contributed by atoms with Gasteiger partial charge in [-0.2, -0.15) is 11.8 Å². The third-order valence-corrected chi connectivity index (χ3v) is 8.12. The summed E-state index contributed by atoms with van der Waals surface area (Å²) in [6.45, 7) is 0. The fourth-order valence-electron chi connectivity index (χ4n) is 3.02. The highest BCUT2D eigenvalue weighted by molar-refractivity contribution is 7.98. The van der Waals surface area contributed by atoms with Crippen molar-refractivity contribution in [3.8, 4) is 11.3 Å². The van der Waals surface area contributed by atoms with E-state index in [1.807, 2.05) is 42.0 Å². The van der Waals surface area contributed by atoms with Gasteiger partial charge in [0.15, 0.2) is 5.13 Å². The first-order valence-electron chi connectivity index (χ1n) is 10.4. The van der Waals surface area contributed by atoms with Crippen LogP contribution in [0.25, 0.3) is 11.3 Å². The van der Waals surface area contributed by atoms with Crippen LogP contribution >= 0.6 is 23.1 Å². The Kier molecular flexibility index (Phi) is 8.84. The molecule has 34 heavy (non-hydrogen) atoms. The summed E-state index contributed by atoms with van der Waals surface area (Å²) < 4.78 is 25.9. The molecule has 8 nitrogen and oxygen atoms in total. The molecular weight excluding hydrogens is 492 g/mol. The molecule has 2 amide bonds. The van der Waals surface area contributed by atoms with E-state index >= 15 is 0 Å². The van der Waals surface area contributed by atoms with Crippen LogP contribution in [0.2, 0.25) is 0 Å². The highest BCUT2D eigenvalue weighted by atomic mass is 32.2. The molecule has 0 fully saturated rings. The summed E-state index contributed by atoms with van der Waals surface area (Å²) in [5.74, 6) is -0.254. The zero-order chi connectivity index (χ0) is 24.7. The molecule has 0 saturated heterocycles. The lowest BCUT2D eigenvalue weighted by Gasteiger charge is -2.18. The fourth-order valence-corrected chi connectivity index (χ4v) is 5.16. The Morgan fingerprint density at radius 3 is 2.53 bits per heavy atom. The Morgan fingerprint density at radius 2 is 1.85 bits per heavy atom. The smallest absolute Gasteiger partial charge is 0.251 e. The van der Waals surface area contributed by atoms with E-state index in [9.17, 15) is 18.0 Å². The monoisotopic (exact) mass is 518 g/mol. The number of aromatic nitrogens is 1. The molecule has 0 unspecified atom stereocenters. The molecule has 2 aromatic carbocycles. The summed E-state index contributed by atoms with van der Waals surface area (Å²) in [7, 11) is -0.843. The second-order valence-electron chi connectivity index (χ2n) is 7.52. The first kappa shape index (κ1) is 25.9. The molecule has 1 heterocycles. The van der Waals surface area contributed by atoms with Gasteiger partial charge in [0.05, 0.1) is 10.6 Å². The maximum absolute atomic E-state index is 13.0. The van der Waals surface area contributed by atoms with Crippen molar-refractivity contribution in [3.63, 3.8) is 0 Å². The number of hydrogen-bond acceptors (Lipinski definition) is 7. The van der Waals surface area contributed by atoms with Gasteiger partial charge in [-0.05, 0) is 36.6 Å². The summed E-state index contributed by atoms with van der Waals surface area (Å²) in [5.41, 5.74) is 1.86. The number of thiazole rings is 1. The average Bonchev–Trinajstić information content (AvgIpc) is 3.30. The van der Waals surface area contributed by atoms with Crippen LogP contribution in [-0.2, 0) is 14.8 Å².